The van der Waals surface area contributed by atoms with Crippen molar-refractivity contribution in [3.05, 3.63) is 24.0 Å². The first-order valence-electron chi connectivity index (χ1n) is 6.18. The molecule has 2 rings (SSSR count). The van der Waals surface area contributed by atoms with Crippen LogP contribution in [-0.4, -0.2) is 20.6 Å². The molecule has 1 N–H and O–H groups in total. The minimum absolute atomic E-state index is 0.00405. The smallest absolute Gasteiger partial charge is 0.227 e. The number of sulfone groups is 1. The van der Waals surface area contributed by atoms with E-state index in [4.69, 9.17) is 0 Å². The van der Waals surface area contributed by atoms with Gasteiger partial charge in [0.2, 0.25) is 5.91 Å². The van der Waals surface area contributed by atoms with Gasteiger partial charge < -0.3 is 5.32 Å². The summed E-state index contributed by atoms with van der Waals surface area (Å²) >= 11 is 0. The maximum absolute atomic E-state index is 13.6. The number of amides is 1. The highest BCUT2D eigenvalue weighted by Gasteiger charge is 2.23. The van der Waals surface area contributed by atoms with Gasteiger partial charge in [0.1, 0.15) is 5.82 Å². The van der Waals surface area contributed by atoms with Crippen molar-refractivity contribution in [1.29, 1.82) is 0 Å². The first kappa shape index (κ1) is 14.0. The molecule has 1 aliphatic carbocycles. The Morgan fingerprint density at radius 2 is 1.95 bits per heavy atom. The van der Waals surface area contributed by atoms with Crippen LogP contribution >= 0.6 is 0 Å². The summed E-state index contributed by atoms with van der Waals surface area (Å²) in [6, 6.07) is 3.41. The second-order valence-electron chi connectivity index (χ2n) is 4.88. The second-order valence-corrected chi connectivity index (χ2v) is 6.90. The van der Waals surface area contributed by atoms with E-state index in [0.717, 1.165) is 44.1 Å². The number of benzene rings is 1. The van der Waals surface area contributed by atoms with Crippen molar-refractivity contribution in [1.82, 2.24) is 0 Å². The van der Waals surface area contributed by atoms with E-state index in [1.807, 2.05) is 0 Å². The molecular weight excluding hydrogens is 269 g/mol. The topological polar surface area (TPSA) is 63.2 Å². The van der Waals surface area contributed by atoms with Crippen molar-refractivity contribution in [3.63, 3.8) is 0 Å². The summed E-state index contributed by atoms with van der Waals surface area (Å²) in [6.07, 6.45) is 4.66. The number of rotatable bonds is 3. The van der Waals surface area contributed by atoms with Crippen LogP contribution in [0.25, 0.3) is 0 Å². The number of anilines is 1. The summed E-state index contributed by atoms with van der Waals surface area (Å²) in [5.41, 5.74) is -0.0696. The van der Waals surface area contributed by atoms with Gasteiger partial charge in [0, 0.05) is 12.2 Å². The molecule has 1 aliphatic rings. The molecule has 0 spiro atoms. The van der Waals surface area contributed by atoms with E-state index in [9.17, 15) is 17.6 Å². The lowest BCUT2D eigenvalue weighted by molar-refractivity contribution is -0.119. The standard InChI is InChI=1S/C13H16FNO3S/c1-19(17,18)10-6-7-11(14)12(8-10)15-13(16)9-4-2-3-5-9/h6-9H,2-5H2,1H3,(H,15,16). The van der Waals surface area contributed by atoms with E-state index in [1.165, 1.54) is 6.07 Å². The van der Waals surface area contributed by atoms with Crippen molar-refractivity contribution in [2.45, 2.75) is 30.6 Å². The molecule has 1 fully saturated rings. The van der Waals surface area contributed by atoms with Crippen molar-refractivity contribution in [2.24, 2.45) is 5.92 Å². The summed E-state index contributed by atoms with van der Waals surface area (Å²) in [7, 11) is -3.41. The maximum atomic E-state index is 13.6. The summed E-state index contributed by atoms with van der Waals surface area (Å²) < 4.78 is 36.4. The zero-order valence-corrected chi connectivity index (χ0v) is 11.5. The van der Waals surface area contributed by atoms with E-state index in [1.54, 1.807) is 0 Å². The number of carbonyl (C=O) groups excluding carboxylic acids is 1. The highest BCUT2D eigenvalue weighted by Crippen LogP contribution is 2.27. The molecule has 0 unspecified atom stereocenters. The Hall–Kier alpha value is -1.43. The fourth-order valence-electron chi connectivity index (χ4n) is 2.25. The van der Waals surface area contributed by atoms with Crippen molar-refractivity contribution >= 4 is 21.4 Å². The molecule has 0 aromatic heterocycles. The van der Waals surface area contributed by atoms with Gasteiger partial charge in [-0.25, -0.2) is 12.8 Å². The molecule has 4 nitrogen and oxygen atoms in total. The highest BCUT2D eigenvalue weighted by molar-refractivity contribution is 7.90. The largest absolute Gasteiger partial charge is 0.323 e. The summed E-state index contributed by atoms with van der Waals surface area (Å²) in [5.74, 6) is -0.956. The van der Waals surface area contributed by atoms with Crippen molar-refractivity contribution in [3.8, 4) is 0 Å². The Kier molecular flexibility index (Phi) is 3.89. The average Bonchev–Trinajstić information content (AvgIpc) is 2.84. The van der Waals surface area contributed by atoms with Gasteiger partial charge in [0.15, 0.2) is 9.84 Å². The Morgan fingerprint density at radius 1 is 1.32 bits per heavy atom. The van der Waals surface area contributed by atoms with Gasteiger partial charge >= 0.3 is 0 Å². The molecule has 0 saturated heterocycles. The van der Waals surface area contributed by atoms with Crippen LogP contribution in [0.4, 0.5) is 10.1 Å². The Balaban J connectivity index is 2.22. The molecule has 0 atom stereocenters. The number of carbonyl (C=O) groups is 1. The predicted octanol–water partition coefficient (Wildman–Crippen LogP) is 2.36. The minimum atomic E-state index is -3.41. The number of hydrogen-bond donors (Lipinski definition) is 1. The average molecular weight is 285 g/mol. The molecule has 0 radical (unpaired) electrons. The fourth-order valence-corrected chi connectivity index (χ4v) is 2.90. The Bertz CT molecular complexity index is 592. The number of nitrogens with one attached hydrogen (secondary N) is 1. The van der Waals surface area contributed by atoms with E-state index in [-0.39, 0.29) is 22.4 Å². The zero-order chi connectivity index (χ0) is 14.0. The number of halogens is 1. The number of hydrogen-bond acceptors (Lipinski definition) is 3. The molecule has 1 saturated carbocycles. The predicted molar refractivity (Wildman–Crippen MR) is 70.1 cm³/mol. The van der Waals surface area contributed by atoms with Crippen molar-refractivity contribution in [2.75, 3.05) is 11.6 Å². The normalized spacial score (nSPS) is 16.5. The second kappa shape index (κ2) is 5.28. The van der Waals surface area contributed by atoms with E-state index in [0.29, 0.717) is 0 Å². The molecule has 0 bridgehead atoms. The molecular formula is C13H16FNO3S. The fraction of sp³-hybridized carbons (Fsp3) is 0.462. The van der Waals surface area contributed by atoms with Gasteiger partial charge in [0.25, 0.3) is 0 Å². The van der Waals surface area contributed by atoms with Crippen LogP contribution in [0.2, 0.25) is 0 Å². The van der Waals surface area contributed by atoms with E-state index >= 15 is 0 Å². The van der Waals surface area contributed by atoms with Crippen LogP contribution in [0.15, 0.2) is 23.1 Å². The Morgan fingerprint density at radius 3 is 2.53 bits per heavy atom. The first-order chi connectivity index (χ1) is 8.88. The van der Waals surface area contributed by atoms with Gasteiger partial charge in [-0.1, -0.05) is 12.8 Å². The lowest BCUT2D eigenvalue weighted by Gasteiger charge is -2.11. The molecule has 1 aromatic rings. The molecule has 6 heteroatoms. The third-order valence-electron chi connectivity index (χ3n) is 3.35. The quantitative estimate of drug-likeness (QED) is 0.867. The third-order valence-corrected chi connectivity index (χ3v) is 4.46. The van der Waals surface area contributed by atoms with Gasteiger partial charge in [-0.3, -0.25) is 4.79 Å². The minimum Gasteiger partial charge on any atom is -0.323 e. The molecule has 0 aliphatic heterocycles. The highest BCUT2D eigenvalue weighted by atomic mass is 32.2. The van der Waals surface area contributed by atoms with Crippen LogP contribution in [-0.2, 0) is 14.6 Å². The maximum Gasteiger partial charge on any atom is 0.227 e. The summed E-state index contributed by atoms with van der Waals surface area (Å²) in [6.45, 7) is 0. The van der Waals surface area contributed by atoms with Crippen LogP contribution in [0.1, 0.15) is 25.7 Å². The molecule has 1 aromatic carbocycles. The van der Waals surface area contributed by atoms with Crippen LogP contribution < -0.4 is 5.32 Å². The van der Waals surface area contributed by atoms with Gasteiger partial charge in [-0.15, -0.1) is 0 Å². The lowest BCUT2D eigenvalue weighted by atomic mass is 10.1. The lowest BCUT2D eigenvalue weighted by Crippen LogP contribution is -2.21. The van der Waals surface area contributed by atoms with Gasteiger partial charge in [0.05, 0.1) is 10.6 Å². The Labute approximate surface area is 111 Å². The SMILES string of the molecule is CS(=O)(=O)c1ccc(F)c(NC(=O)C2CCCC2)c1. The third kappa shape index (κ3) is 3.32. The van der Waals surface area contributed by atoms with Gasteiger partial charge in [-0.05, 0) is 31.0 Å². The molecule has 0 heterocycles. The monoisotopic (exact) mass is 285 g/mol. The van der Waals surface area contributed by atoms with Crippen LogP contribution in [0.5, 0.6) is 0 Å². The van der Waals surface area contributed by atoms with Crippen molar-refractivity contribution < 1.29 is 17.6 Å². The summed E-state index contributed by atoms with van der Waals surface area (Å²) in [5, 5.41) is 2.49. The molecule has 19 heavy (non-hydrogen) atoms. The van der Waals surface area contributed by atoms with Gasteiger partial charge in [-0.2, -0.15) is 0 Å². The first-order valence-corrected chi connectivity index (χ1v) is 8.07. The van der Waals surface area contributed by atoms with E-state index in [2.05, 4.69) is 5.32 Å². The van der Waals surface area contributed by atoms with E-state index < -0.39 is 15.7 Å². The zero-order valence-electron chi connectivity index (χ0n) is 10.6. The summed E-state index contributed by atoms with van der Waals surface area (Å²) in [4.78, 5) is 11.9. The molecule has 104 valence electrons. The molecule has 1 amide bonds. The van der Waals surface area contributed by atoms with Crippen LogP contribution in [0, 0.1) is 11.7 Å². The van der Waals surface area contributed by atoms with Crippen LogP contribution in [0.3, 0.4) is 0 Å².